The molecule has 0 saturated heterocycles. The van der Waals surface area contributed by atoms with E-state index in [1.165, 1.54) is 0 Å². The van der Waals surface area contributed by atoms with Gasteiger partial charge in [-0.25, -0.2) is 4.79 Å². The van der Waals surface area contributed by atoms with Crippen molar-refractivity contribution in [2.24, 2.45) is 0 Å². The highest BCUT2D eigenvalue weighted by Gasteiger charge is 2.19. The summed E-state index contributed by atoms with van der Waals surface area (Å²) in [6, 6.07) is 5.95. The first-order valence-corrected chi connectivity index (χ1v) is 6.74. The Morgan fingerprint density at radius 3 is 2.56 bits per heavy atom. The van der Waals surface area contributed by atoms with Crippen molar-refractivity contribution in [2.75, 3.05) is 0 Å². The minimum Gasteiger partial charge on any atom is -0.444 e. The number of amides is 1. The standard InChI is InChI=1S/C14H20BrNO2/c1-9-6-7-12(15)11(8-9)10(2)16-13(17)18-14(3,4)5/h6-8,10H,1-5H3,(H,16,17). The lowest BCUT2D eigenvalue weighted by atomic mass is 10.1. The number of hydrogen-bond acceptors (Lipinski definition) is 2. The third-order valence-electron chi connectivity index (χ3n) is 2.35. The molecule has 0 aliphatic heterocycles. The second-order valence-corrected chi connectivity index (χ2v) is 6.25. The van der Waals surface area contributed by atoms with E-state index in [2.05, 4.69) is 21.2 Å². The number of aryl methyl sites for hydroxylation is 1. The van der Waals surface area contributed by atoms with Crippen LogP contribution in [0.15, 0.2) is 22.7 Å². The Morgan fingerprint density at radius 2 is 2.00 bits per heavy atom. The molecular weight excluding hydrogens is 294 g/mol. The number of benzene rings is 1. The lowest BCUT2D eigenvalue weighted by Gasteiger charge is -2.22. The van der Waals surface area contributed by atoms with Crippen molar-refractivity contribution in [3.8, 4) is 0 Å². The minimum atomic E-state index is -0.479. The van der Waals surface area contributed by atoms with E-state index in [0.717, 1.165) is 15.6 Å². The number of carbonyl (C=O) groups excluding carboxylic acids is 1. The molecule has 0 aromatic heterocycles. The molecule has 0 aliphatic carbocycles. The van der Waals surface area contributed by atoms with Gasteiger partial charge in [0.25, 0.3) is 0 Å². The summed E-state index contributed by atoms with van der Waals surface area (Å²) in [5.41, 5.74) is 1.72. The van der Waals surface area contributed by atoms with Crippen LogP contribution >= 0.6 is 15.9 Å². The largest absolute Gasteiger partial charge is 0.444 e. The molecule has 0 aliphatic rings. The number of rotatable bonds is 2. The van der Waals surface area contributed by atoms with Crippen molar-refractivity contribution >= 4 is 22.0 Å². The lowest BCUT2D eigenvalue weighted by molar-refractivity contribution is 0.0508. The topological polar surface area (TPSA) is 38.3 Å². The van der Waals surface area contributed by atoms with Gasteiger partial charge in [0, 0.05) is 4.47 Å². The van der Waals surface area contributed by atoms with Gasteiger partial charge in [0.2, 0.25) is 0 Å². The molecule has 1 atom stereocenters. The van der Waals surface area contributed by atoms with Gasteiger partial charge in [0.1, 0.15) is 5.60 Å². The van der Waals surface area contributed by atoms with Crippen molar-refractivity contribution in [3.63, 3.8) is 0 Å². The number of alkyl carbamates (subject to hydrolysis) is 1. The number of carbonyl (C=O) groups is 1. The summed E-state index contributed by atoms with van der Waals surface area (Å²) in [4.78, 5) is 11.7. The molecule has 1 aromatic rings. The lowest BCUT2D eigenvalue weighted by Crippen LogP contribution is -2.34. The molecule has 0 fully saturated rings. The first-order valence-electron chi connectivity index (χ1n) is 5.94. The van der Waals surface area contributed by atoms with Gasteiger partial charge >= 0.3 is 6.09 Å². The van der Waals surface area contributed by atoms with Crippen LogP contribution in [0, 0.1) is 6.92 Å². The van der Waals surface area contributed by atoms with Gasteiger partial charge in [0.15, 0.2) is 0 Å². The quantitative estimate of drug-likeness (QED) is 0.881. The van der Waals surface area contributed by atoms with Crippen molar-refractivity contribution < 1.29 is 9.53 Å². The van der Waals surface area contributed by atoms with E-state index in [1.807, 2.05) is 52.8 Å². The minimum absolute atomic E-state index is 0.103. The molecule has 1 amide bonds. The van der Waals surface area contributed by atoms with Crippen LogP contribution in [-0.2, 0) is 4.74 Å². The van der Waals surface area contributed by atoms with Crippen molar-refractivity contribution in [1.29, 1.82) is 0 Å². The summed E-state index contributed by atoms with van der Waals surface area (Å²) in [5, 5.41) is 2.83. The Hall–Kier alpha value is -1.03. The zero-order valence-electron chi connectivity index (χ0n) is 11.5. The van der Waals surface area contributed by atoms with Crippen LogP contribution < -0.4 is 5.32 Å². The second-order valence-electron chi connectivity index (χ2n) is 5.39. The highest BCUT2D eigenvalue weighted by molar-refractivity contribution is 9.10. The molecule has 0 radical (unpaired) electrons. The van der Waals surface area contributed by atoms with Crippen LogP contribution in [0.3, 0.4) is 0 Å². The molecule has 100 valence electrons. The average molecular weight is 314 g/mol. The fourth-order valence-corrected chi connectivity index (χ4v) is 2.15. The molecule has 1 rings (SSSR count). The maximum absolute atomic E-state index is 11.7. The van der Waals surface area contributed by atoms with Crippen LogP contribution in [0.2, 0.25) is 0 Å². The van der Waals surface area contributed by atoms with Gasteiger partial charge in [-0.05, 0) is 46.2 Å². The fourth-order valence-electron chi connectivity index (χ4n) is 1.56. The Morgan fingerprint density at radius 1 is 1.39 bits per heavy atom. The maximum atomic E-state index is 11.7. The Balaban J connectivity index is 2.73. The average Bonchev–Trinajstić information content (AvgIpc) is 2.18. The van der Waals surface area contributed by atoms with Gasteiger partial charge in [-0.1, -0.05) is 33.6 Å². The van der Waals surface area contributed by atoms with Gasteiger partial charge in [-0.2, -0.15) is 0 Å². The molecule has 1 aromatic carbocycles. The SMILES string of the molecule is Cc1ccc(Br)c(C(C)NC(=O)OC(C)(C)C)c1. The van der Waals surface area contributed by atoms with Crippen LogP contribution in [0.4, 0.5) is 4.79 Å². The summed E-state index contributed by atoms with van der Waals surface area (Å²) < 4.78 is 6.22. The number of nitrogens with one attached hydrogen (secondary N) is 1. The van der Waals surface area contributed by atoms with E-state index in [9.17, 15) is 4.79 Å². The molecule has 1 N–H and O–H groups in total. The van der Waals surface area contributed by atoms with Crippen LogP contribution in [0.1, 0.15) is 44.9 Å². The monoisotopic (exact) mass is 313 g/mol. The van der Waals surface area contributed by atoms with Crippen molar-refractivity contribution in [3.05, 3.63) is 33.8 Å². The number of halogens is 1. The first kappa shape index (κ1) is 15.0. The third-order valence-corrected chi connectivity index (χ3v) is 3.07. The Bertz CT molecular complexity index is 438. The molecule has 0 saturated carbocycles. The van der Waals surface area contributed by atoms with Gasteiger partial charge in [-0.3, -0.25) is 0 Å². The molecule has 0 heterocycles. The molecular formula is C14H20BrNO2. The smallest absolute Gasteiger partial charge is 0.408 e. The van der Waals surface area contributed by atoms with Crippen LogP contribution in [0.5, 0.6) is 0 Å². The van der Waals surface area contributed by atoms with E-state index >= 15 is 0 Å². The van der Waals surface area contributed by atoms with E-state index in [1.54, 1.807) is 0 Å². The molecule has 0 bridgehead atoms. The van der Waals surface area contributed by atoms with Gasteiger partial charge in [0.05, 0.1) is 6.04 Å². The zero-order valence-corrected chi connectivity index (χ0v) is 13.1. The normalized spacial score (nSPS) is 13.0. The molecule has 18 heavy (non-hydrogen) atoms. The number of hydrogen-bond donors (Lipinski definition) is 1. The predicted octanol–water partition coefficient (Wildman–Crippen LogP) is 4.34. The molecule has 1 unspecified atom stereocenters. The summed E-state index contributed by atoms with van der Waals surface area (Å²) in [6.45, 7) is 9.50. The van der Waals surface area contributed by atoms with Crippen LogP contribution in [0.25, 0.3) is 0 Å². The van der Waals surface area contributed by atoms with Crippen molar-refractivity contribution in [2.45, 2.75) is 46.3 Å². The summed E-state index contributed by atoms with van der Waals surface area (Å²) in [6.07, 6.45) is -0.400. The van der Waals surface area contributed by atoms with E-state index < -0.39 is 11.7 Å². The van der Waals surface area contributed by atoms with E-state index in [-0.39, 0.29) is 6.04 Å². The predicted molar refractivity (Wildman–Crippen MR) is 76.7 cm³/mol. The van der Waals surface area contributed by atoms with E-state index in [4.69, 9.17) is 4.74 Å². The third kappa shape index (κ3) is 4.69. The van der Waals surface area contributed by atoms with Crippen molar-refractivity contribution in [1.82, 2.24) is 5.32 Å². The number of ether oxygens (including phenoxy) is 1. The highest BCUT2D eigenvalue weighted by atomic mass is 79.9. The summed E-state index contributed by atoms with van der Waals surface area (Å²) in [5.74, 6) is 0. The summed E-state index contributed by atoms with van der Waals surface area (Å²) in [7, 11) is 0. The fraction of sp³-hybridized carbons (Fsp3) is 0.500. The molecule has 4 heteroatoms. The summed E-state index contributed by atoms with van der Waals surface area (Å²) >= 11 is 3.49. The van der Waals surface area contributed by atoms with E-state index in [0.29, 0.717) is 0 Å². The maximum Gasteiger partial charge on any atom is 0.408 e. The Labute approximate surface area is 117 Å². The van der Waals surface area contributed by atoms with Gasteiger partial charge < -0.3 is 10.1 Å². The second kappa shape index (κ2) is 5.74. The molecule has 0 spiro atoms. The molecule has 3 nitrogen and oxygen atoms in total. The highest BCUT2D eigenvalue weighted by Crippen LogP contribution is 2.24. The van der Waals surface area contributed by atoms with Gasteiger partial charge in [-0.15, -0.1) is 0 Å². The first-order chi connectivity index (χ1) is 8.19. The Kier molecular flexibility index (Phi) is 4.79. The zero-order chi connectivity index (χ0) is 13.9. The van der Waals surface area contributed by atoms with Crippen LogP contribution in [-0.4, -0.2) is 11.7 Å².